The van der Waals surface area contributed by atoms with E-state index in [-0.39, 0.29) is 0 Å². The molecule has 0 atom stereocenters. The molecule has 0 aliphatic carbocycles. The Morgan fingerprint density at radius 1 is 1.57 bits per heavy atom. The van der Waals surface area contributed by atoms with E-state index in [1.807, 2.05) is 4.68 Å². The number of nitrogens with zero attached hydrogens (tertiary/aromatic N) is 2. The number of primary amides is 1. The van der Waals surface area contributed by atoms with Gasteiger partial charge in [0.15, 0.2) is 0 Å². The maximum atomic E-state index is 10.8. The lowest BCUT2D eigenvalue weighted by molar-refractivity contribution is 0.0661. The number of rotatable bonds is 2. The molecule has 2 heterocycles. The van der Waals surface area contributed by atoms with Gasteiger partial charge in [0.05, 0.1) is 6.04 Å². The number of carbonyl (C=O) groups excluding carboxylic acids is 1. The highest BCUT2D eigenvalue weighted by atomic mass is 16.5. The fourth-order valence-electron chi connectivity index (χ4n) is 1.62. The molecule has 0 aromatic carbocycles. The SMILES string of the molecule is NC(=O)c1ccn(C2CCOCC2)n1. The minimum Gasteiger partial charge on any atom is -0.381 e. The zero-order chi connectivity index (χ0) is 9.97. The van der Waals surface area contributed by atoms with E-state index in [2.05, 4.69) is 5.10 Å². The van der Waals surface area contributed by atoms with Crippen molar-refractivity contribution >= 4 is 5.91 Å². The molecule has 0 spiro atoms. The molecule has 1 aromatic rings. The van der Waals surface area contributed by atoms with Crippen LogP contribution in [0.15, 0.2) is 12.3 Å². The van der Waals surface area contributed by atoms with Crippen molar-refractivity contribution in [1.29, 1.82) is 0 Å². The molecule has 2 N–H and O–H groups in total. The van der Waals surface area contributed by atoms with E-state index in [1.165, 1.54) is 0 Å². The summed E-state index contributed by atoms with van der Waals surface area (Å²) in [7, 11) is 0. The van der Waals surface area contributed by atoms with Gasteiger partial charge in [0, 0.05) is 19.4 Å². The monoisotopic (exact) mass is 195 g/mol. The average Bonchev–Trinajstić information content (AvgIpc) is 2.68. The Morgan fingerprint density at radius 3 is 2.86 bits per heavy atom. The summed E-state index contributed by atoms with van der Waals surface area (Å²) in [4.78, 5) is 10.8. The van der Waals surface area contributed by atoms with Crippen LogP contribution >= 0.6 is 0 Å². The van der Waals surface area contributed by atoms with E-state index in [1.54, 1.807) is 12.3 Å². The van der Waals surface area contributed by atoms with Gasteiger partial charge in [-0.05, 0) is 18.9 Å². The summed E-state index contributed by atoms with van der Waals surface area (Å²) in [6, 6.07) is 1.99. The van der Waals surface area contributed by atoms with Gasteiger partial charge >= 0.3 is 0 Å². The summed E-state index contributed by atoms with van der Waals surface area (Å²) in [6.45, 7) is 1.52. The van der Waals surface area contributed by atoms with E-state index < -0.39 is 5.91 Å². The lowest BCUT2D eigenvalue weighted by atomic mass is 10.1. The summed E-state index contributed by atoms with van der Waals surface area (Å²) < 4.78 is 7.05. The molecule has 76 valence electrons. The van der Waals surface area contributed by atoms with Crippen molar-refractivity contribution in [3.05, 3.63) is 18.0 Å². The lowest BCUT2D eigenvalue weighted by Crippen LogP contribution is -2.21. The third-order valence-electron chi connectivity index (χ3n) is 2.43. The van der Waals surface area contributed by atoms with Crippen LogP contribution < -0.4 is 5.73 Å². The molecule has 0 radical (unpaired) electrons. The van der Waals surface area contributed by atoms with Gasteiger partial charge in [0.25, 0.3) is 5.91 Å². The van der Waals surface area contributed by atoms with E-state index in [0.29, 0.717) is 11.7 Å². The number of hydrogen-bond donors (Lipinski definition) is 1. The first-order chi connectivity index (χ1) is 6.77. The first kappa shape index (κ1) is 9.21. The summed E-state index contributed by atoms with van der Waals surface area (Å²) in [5.74, 6) is -0.476. The Hall–Kier alpha value is -1.36. The van der Waals surface area contributed by atoms with Crippen LogP contribution in [0.2, 0.25) is 0 Å². The highest BCUT2D eigenvalue weighted by Crippen LogP contribution is 2.19. The van der Waals surface area contributed by atoms with Crippen molar-refractivity contribution in [2.75, 3.05) is 13.2 Å². The van der Waals surface area contributed by atoms with Crippen LogP contribution in [0.1, 0.15) is 29.4 Å². The Bertz CT molecular complexity index is 329. The Morgan fingerprint density at radius 2 is 2.29 bits per heavy atom. The molecule has 0 unspecified atom stereocenters. The van der Waals surface area contributed by atoms with Crippen LogP contribution in [0, 0.1) is 0 Å². The predicted octanol–water partition coefficient (Wildman–Crippen LogP) is 0.333. The number of amides is 1. The van der Waals surface area contributed by atoms with E-state index in [4.69, 9.17) is 10.5 Å². The number of nitrogens with two attached hydrogens (primary N) is 1. The largest absolute Gasteiger partial charge is 0.381 e. The van der Waals surface area contributed by atoms with Crippen molar-refractivity contribution < 1.29 is 9.53 Å². The topological polar surface area (TPSA) is 70.1 Å². The van der Waals surface area contributed by atoms with Gasteiger partial charge in [-0.25, -0.2) is 0 Å². The second-order valence-electron chi connectivity index (χ2n) is 3.39. The van der Waals surface area contributed by atoms with Crippen LogP contribution in [0.3, 0.4) is 0 Å². The molecule has 2 rings (SSSR count). The molecule has 0 bridgehead atoms. The third-order valence-corrected chi connectivity index (χ3v) is 2.43. The summed E-state index contributed by atoms with van der Waals surface area (Å²) in [6.07, 6.45) is 3.69. The van der Waals surface area contributed by atoms with Gasteiger partial charge in [-0.3, -0.25) is 9.48 Å². The van der Waals surface area contributed by atoms with Crippen molar-refractivity contribution in [3.63, 3.8) is 0 Å². The zero-order valence-corrected chi connectivity index (χ0v) is 7.85. The number of aromatic nitrogens is 2. The van der Waals surface area contributed by atoms with Gasteiger partial charge in [-0.15, -0.1) is 0 Å². The lowest BCUT2D eigenvalue weighted by Gasteiger charge is -2.22. The smallest absolute Gasteiger partial charge is 0.269 e. The minimum absolute atomic E-state index is 0.330. The van der Waals surface area contributed by atoms with Crippen LogP contribution in [0.5, 0.6) is 0 Å². The second-order valence-corrected chi connectivity index (χ2v) is 3.39. The Balaban J connectivity index is 2.11. The molecule has 1 fully saturated rings. The van der Waals surface area contributed by atoms with Crippen LogP contribution in [-0.2, 0) is 4.74 Å². The Kier molecular flexibility index (Phi) is 2.49. The second kappa shape index (κ2) is 3.79. The molecule has 5 nitrogen and oxygen atoms in total. The molecule has 1 aliphatic heterocycles. The van der Waals surface area contributed by atoms with Gasteiger partial charge in [0.2, 0.25) is 0 Å². The summed E-state index contributed by atoms with van der Waals surface area (Å²) in [5, 5.41) is 4.12. The van der Waals surface area contributed by atoms with E-state index in [9.17, 15) is 4.79 Å². The number of carbonyl (C=O) groups is 1. The van der Waals surface area contributed by atoms with Crippen molar-refractivity contribution in [3.8, 4) is 0 Å². The fraction of sp³-hybridized carbons (Fsp3) is 0.556. The molecular formula is C9H13N3O2. The summed E-state index contributed by atoms with van der Waals surface area (Å²) in [5.41, 5.74) is 5.45. The van der Waals surface area contributed by atoms with Gasteiger partial charge < -0.3 is 10.5 Å². The molecule has 14 heavy (non-hydrogen) atoms. The van der Waals surface area contributed by atoms with Crippen LogP contribution in [0.4, 0.5) is 0 Å². The van der Waals surface area contributed by atoms with Crippen LogP contribution in [0.25, 0.3) is 0 Å². The molecule has 1 saturated heterocycles. The van der Waals surface area contributed by atoms with Gasteiger partial charge in [-0.2, -0.15) is 5.10 Å². The van der Waals surface area contributed by atoms with Crippen molar-refractivity contribution in [2.24, 2.45) is 5.73 Å². The standard InChI is InChI=1S/C9H13N3O2/c10-9(13)8-1-4-12(11-8)7-2-5-14-6-3-7/h1,4,7H,2-3,5-6H2,(H2,10,13). The first-order valence-corrected chi connectivity index (χ1v) is 4.70. The minimum atomic E-state index is -0.476. The molecular weight excluding hydrogens is 182 g/mol. The maximum Gasteiger partial charge on any atom is 0.269 e. The normalized spacial score (nSPS) is 18.3. The highest BCUT2D eigenvalue weighted by molar-refractivity contribution is 5.90. The first-order valence-electron chi connectivity index (χ1n) is 4.70. The molecule has 1 aromatic heterocycles. The molecule has 1 amide bonds. The van der Waals surface area contributed by atoms with Gasteiger partial charge in [0.1, 0.15) is 5.69 Å². The third kappa shape index (κ3) is 1.77. The highest BCUT2D eigenvalue weighted by Gasteiger charge is 2.17. The molecule has 5 heteroatoms. The fourth-order valence-corrected chi connectivity index (χ4v) is 1.62. The molecule has 0 saturated carbocycles. The quantitative estimate of drug-likeness (QED) is 0.739. The summed E-state index contributed by atoms with van der Waals surface area (Å²) >= 11 is 0. The van der Waals surface area contributed by atoms with Crippen LogP contribution in [-0.4, -0.2) is 28.9 Å². The van der Waals surface area contributed by atoms with Gasteiger partial charge in [-0.1, -0.05) is 0 Å². The Labute approximate surface area is 81.8 Å². The number of ether oxygens (including phenoxy) is 1. The average molecular weight is 195 g/mol. The zero-order valence-electron chi connectivity index (χ0n) is 7.85. The molecule has 1 aliphatic rings. The number of hydrogen-bond acceptors (Lipinski definition) is 3. The predicted molar refractivity (Wildman–Crippen MR) is 49.8 cm³/mol. The van der Waals surface area contributed by atoms with Crippen molar-refractivity contribution in [1.82, 2.24) is 9.78 Å². The van der Waals surface area contributed by atoms with E-state index in [0.717, 1.165) is 26.1 Å². The maximum absolute atomic E-state index is 10.8. The van der Waals surface area contributed by atoms with E-state index >= 15 is 0 Å². The van der Waals surface area contributed by atoms with Crippen molar-refractivity contribution in [2.45, 2.75) is 18.9 Å².